The third-order valence-corrected chi connectivity index (χ3v) is 5.25. The average Bonchev–Trinajstić information content (AvgIpc) is 2.99. The van der Waals surface area contributed by atoms with E-state index in [-0.39, 0.29) is 10.8 Å². The van der Waals surface area contributed by atoms with Gasteiger partial charge in [-0.2, -0.15) is 15.0 Å². The number of nitrogens with one attached hydrogen (secondary N) is 1. The van der Waals surface area contributed by atoms with E-state index in [9.17, 15) is 4.79 Å². The fourth-order valence-electron chi connectivity index (χ4n) is 3.25. The van der Waals surface area contributed by atoms with E-state index in [1.165, 1.54) is 4.80 Å². The lowest BCUT2D eigenvalue weighted by Crippen LogP contribution is -2.16. The summed E-state index contributed by atoms with van der Waals surface area (Å²) in [6, 6.07) is 4.04. The lowest BCUT2D eigenvalue weighted by atomic mass is 9.84. The van der Waals surface area contributed by atoms with Crippen molar-refractivity contribution in [1.82, 2.24) is 20.0 Å². The van der Waals surface area contributed by atoms with E-state index in [1.807, 2.05) is 26.8 Å². The van der Waals surface area contributed by atoms with Crippen molar-refractivity contribution in [3.63, 3.8) is 0 Å². The Balaban J connectivity index is 2.36. The SMILES string of the molecule is Cc1cc(C(C)(C)C)c(Cl)cc1-c1[nH]c(C)c(C)c(=O)c1-c1cnn(C)n1. The lowest BCUT2D eigenvalue weighted by Gasteiger charge is -2.23. The summed E-state index contributed by atoms with van der Waals surface area (Å²) in [5.74, 6) is 0. The Bertz CT molecular complexity index is 1090. The van der Waals surface area contributed by atoms with Crippen LogP contribution in [0.5, 0.6) is 0 Å². The van der Waals surface area contributed by atoms with Crippen LogP contribution in [0.2, 0.25) is 5.02 Å². The molecule has 0 aliphatic heterocycles. The van der Waals surface area contributed by atoms with Gasteiger partial charge in [-0.25, -0.2) is 0 Å². The minimum Gasteiger partial charge on any atom is -0.358 e. The van der Waals surface area contributed by atoms with E-state index < -0.39 is 0 Å². The number of nitrogens with zero attached hydrogens (tertiary/aromatic N) is 3. The van der Waals surface area contributed by atoms with Crippen LogP contribution in [0.25, 0.3) is 22.5 Å². The summed E-state index contributed by atoms with van der Waals surface area (Å²) in [4.78, 5) is 17.9. The van der Waals surface area contributed by atoms with Crippen LogP contribution < -0.4 is 5.43 Å². The van der Waals surface area contributed by atoms with E-state index in [0.717, 1.165) is 28.1 Å². The molecule has 1 aromatic carbocycles. The fraction of sp³-hybridized carbons (Fsp3) is 0.381. The van der Waals surface area contributed by atoms with Gasteiger partial charge in [-0.15, -0.1) is 0 Å². The number of aromatic nitrogens is 4. The van der Waals surface area contributed by atoms with Crippen LogP contribution >= 0.6 is 11.6 Å². The molecule has 0 fully saturated rings. The predicted molar refractivity (Wildman–Crippen MR) is 110 cm³/mol. The topological polar surface area (TPSA) is 63.6 Å². The number of halogens is 1. The van der Waals surface area contributed by atoms with E-state index in [0.29, 0.717) is 21.8 Å². The Kier molecular flexibility index (Phi) is 4.76. The maximum absolute atomic E-state index is 13.1. The normalized spacial score (nSPS) is 11.9. The highest BCUT2D eigenvalue weighted by atomic mass is 35.5. The van der Waals surface area contributed by atoms with Crippen molar-refractivity contribution >= 4 is 11.6 Å². The molecule has 0 spiro atoms. The van der Waals surface area contributed by atoms with Crippen LogP contribution in [0, 0.1) is 20.8 Å². The van der Waals surface area contributed by atoms with Gasteiger partial charge in [0.2, 0.25) is 0 Å². The number of H-pyrrole nitrogens is 1. The van der Waals surface area contributed by atoms with Gasteiger partial charge in [0.1, 0.15) is 5.69 Å². The van der Waals surface area contributed by atoms with Crippen LogP contribution in [0.4, 0.5) is 0 Å². The first-order chi connectivity index (χ1) is 12.5. The summed E-state index contributed by atoms with van der Waals surface area (Å²) in [5, 5.41) is 9.18. The summed E-state index contributed by atoms with van der Waals surface area (Å²) in [6.07, 6.45) is 1.61. The third kappa shape index (κ3) is 3.44. The molecule has 2 heterocycles. The fourth-order valence-corrected chi connectivity index (χ4v) is 3.69. The van der Waals surface area contributed by atoms with Crippen molar-refractivity contribution in [1.29, 1.82) is 0 Å². The number of rotatable bonds is 2. The number of benzene rings is 1. The van der Waals surface area contributed by atoms with Gasteiger partial charge in [-0.1, -0.05) is 38.4 Å². The Hall–Kier alpha value is -2.40. The summed E-state index contributed by atoms with van der Waals surface area (Å²) in [6.45, 7) is 12.2. The zero-order chi connectivity index (χ0) is 20.1. The Morgan fingerprint density at radius 2 is 1.81 bits per heavy atom. The number of hydrogen-bond donors (Lipinski definition) is 1. The summed E-state index contributed by atoms with van der Waals surface area (Å²) in [7, 11) is 1.73. The van der Waals surface area contributed by atoms with Crippen molar-refractivity contribution in [2.75, 3.05) is 0 Å². The second-order valence-electron chi connectivity index (χ2n) is 8.07. The summed E-state index contributed by atoms with van der Waals surface area (Å²) < 4.78 is 0. The molecule has 1 N–H and O–H groups in total. The van der Waals surface area contributed by atoms with Crippen molar-refractivity contribution in [2.24, 2.45) is 7.05 Å². The van der Waals surface area contributed by atoms with Gasteiger partial charge in [0.05, 0.1) is 17.5 Å². The van der Waals surface area contributed by atoms with Gasteiger partial charge in [0.15, 0.2) is 5.43 Å². The quantitative estimate of drug-likeness (QED) is 0.695. The van der Waals surface area contributed by atoms with Crippen LogP contribution in [-0.2, 0) is 12.5 Å². The Labute approximate surface area is 164 Å². The number of pyridine rings is 1. The first-order valence-corrected chi connectivity index (χ1v) is 9.29. The van der Waals surface area contributed by atoms with Crippen LogP contribution in [0.15, 0.2) is 23.1 Å². The monoisotopic (exact) mass is 384 g/mol. The molecule has 142 valence electrons. The molecule has 0 aliphatic carbocycles. The standard InChI is InChI=1S/C21H25ClN4O/c1-11-8-15(21(4,5)6)16(22)9-14(11)19-18(17-10-23-26(7)25-17)20(27)12(2)13(3)24-19/h8-10H,1-7H3,(H,24,27). The maximum Gasteiger partial charge on any atom is 0.194 e. The maximum atomic E-state index is 13.1. The van der Waals surface area contributed by atoms with Crippen molar-refractivity contribution < 1.29 is 0 Å². The predicted octanol–water partition coefficient (Wildman–Crippen LogP) is 4.71. The van der Waals surface area contributed by atoms with Crippen molar-refractivity contribution in [3.05, 3.63) is 56.0 Å². The van der Waals surface area contributed by atoms with Crippen molar-refractivity contribution in [3.8, 4) is 22.5 Å². The van der Waals surface area contributed by atoms with Gasteiger partial charge < -0.3 is 4.98 Å². The first kappa shape index (κ1) is 19.4. The van der Waals surface area contributed by atoms with Crippen LogP contribution in [-0.4, -0.2) is 20.0 Å². The number of hydrogen-bond acceptors (Lipinski definition) is 3. The molecule has 27 heavy (non-hydrogen) atoms. The Morgan fingerprint density at radius 3 is 2.37 bits per heavy atom. The van der Waals surface area contributed by atoms with Gasteiger partial charge in [0, 0.05) is 28.9 Å². The molecular weight excluding hydrogens is 360 g/mol. The molecule has 2 aromatic heterocycles. The van der Waals surface area contributed by atoms with E-state index in [4.69, 9.17) is 11.6 Å². The largest absolute Gasteiger partial charge is 0.358 e. The molecule has 0 aliphatic rings. The Morgan fingerprint density at radius 1 is 1.15 bits per heavy atom. The molecule has 5 nitrogen and oxygen atoms in total. The molecule has 0 unspecified atom stereocenters. The highest BCUT2D eigenvalue weighted by Crippen LogP contribution is 2.37. The second kappa shape index (κ2) is 6.64. The van der Waals surface area contributed by atoms with Gasteiger partial charge >= 0.3 is 0 Å². The van der Waals surface area contributed by atoms with Gasteiger partial charge in [-0.05, 0) is 43.4 Å². The van der Waals surface area contributed by atoms with E-state index >= 15 is 0 Å². The van der Waals surface area contributed by atoms with Gasteiger partial charge in [0.25, 0.3) is 0 Å². The highest BCUT2D eigenvalue weighted by Gasteiger charge is 2.23. The zero-order valence-corrected chi connectivity index (χ0v) is 17.6. The molecule has 0 saturated carbocycles. The first-order valence-electron chi connectivity index (χ1n) is 8.92. The molecule has 0 amide bonds. The molecule has 3 rings (SSSR count). The average molecular weight is 385 g/mol. The van der Waals surface area contributed by atoms with Crippen LogP contribution in [0.3, 0.4) is 0 Å². The minimum absolute atomic E-state index is 0.0443. The molecular formula is C21H25ClN4O. The second-order valence-corrected chi connectivity index (χ2v) is 8.48. The smallest absolute Gasteiger partial charge is 0.194 e. The highest BCUT2D eigenvalue weighted by molar-refractivity contribution is 6.31. The molecule has 0 radical (unpaired) electrons. The number of aromatic amines is 1. The van der Waals surface area contributed by atoms with E-state index in [1.54, 1.807) is 13.2 Å². The molecule has 0 saturated heterocycles. The summed E-state index contributed by atoms with van der Waals surface area (Å²) in [5.41, 5.74) is 6.22. The van der Waals surface area contributed by atoms with Gasteiger partial charge in [-0.3, -0.25) is 4.79 Å². The molecule has 6 heteroatoms. The van der Waals surface area contributed by atoms with E-state index in [2.05, 4.69) is 42.0 Å². The molecule has 3 aromatic rings. The molecule has 0 bridgehead atoms. The zero-order valence-electron chi connectivity index (χ0n) is 16.9. The molecule has 0 atom stereocenters. The summed E-state index contributed by atoms with van der Waals surface area (Å²) >= 11 is 6.63. The lowest BCUT2D eigenvalue weighted by molar-refractivity contribution is 0.590. The van der Waals surface area contributed by atoms with Crippen molar-refractivity contribution in [2.45, 2.75) is 47.0 Å². The minimum atomic E-state index is -0.0648. The number of aryl methyl sites for hydroxylation is 3. The van der Waals surface area contributed by atoms with Crippen LogP contribution in [0.1, 0.15) is 43.2 Å². The third-order valence-electron chi connectivity index (χ3n) is 4.94.